The van der Waals surface area contributed by atoms with Gasteiger partial charge in [0.15, 0.2) is 0 Å². The molecule has 1 aromatic heterocycles. The fourth-order valence-electron chi connectivity index (χ4n) is 3.24. The summed E-state index contributed by atoms with van der Waals surface area (Å²) in [5.41, 5.74) is 4.46. The molecule has 0 unspecified atom stereocenters. The lowest BCUT2D eigenvalue weighted by Gasteiger charge is -2.30. The molecular formula is C18H18N4O. The summed E-state index contributed by atoms with van der Waals surface area (Å²) < 4.78 is 5.92. The molecule has 0 radical (unpaired) electrons. The monoisotopic (exact) mass is 306 g/mol. The van der Waals surface area contributed by atoms with E-state index in [0.29, 0.717) is 19.2 Å². The van der Waals surface area contributed by atoms with E-state index in [2.05, 4.69) is 40.5 Å². The van der Waals surface area contributed by atoms with E-state index < -0.39 is 0 Å². The largest absolute Gasteiger partial charge is 0.475 e. The van der Waals surface area contributed by atoms with Gasteiger partial charge >= 0.3 is 0 Å². The van der Waals surface area contributed by atoms with E-state index in [1.165, 1.54) is 12.8 Å². The van der Waals surface area contributed by atoms with Gasteiger partial charge in [-0.1, -0.05) is 18.2 Å². The molecule has 116 valence electrons. The molecule has 5 heteroatoms. The Morgan fingerprint density at radius 3 is 2.87 bits per heavy atom. The number of nitrogens with one attached hydrogen (secondary N) is 1. The Morgan fingerprint density at radius 1 is 1.17 bits per heavy atom. The molecule has 2 aliphatic heterocycles. The quantitative estimate of drug-likeness (QED) is 0.927. The Bertz CT molecular complexity index is 783. The van der Waals surface area contributed by atoms with Gasteiger partial charge in [-0.05, 0) is 31.0 Å². The Kier molecular flexibility index (Phi) is 2.80. The molecule has 5 rings (SSSR count). The van der Waals surface area contributed by atoms with Crippen molar-refractivity contribution >= 4 is 17.2 Å². The third-order valence-electron chi connectivity index (χ3n) is 4.58. The van der Waals surface area contributed by atoms with Crippen LogP contribution in [-0.4, -0.2) is 30.6 Å². The molecule has 3 heterocycles. The number of ether oxygens (including phenoxy) is 1. The molecule has 1 aromatic carbocycles. The van der Waals surface area contributed by atoms with Crippen LogP contribution in [0, 0.1) is 0 Å². The normalized spacial score (nSPS) is 19.1. The number of nitrogens with zero attached hydrogens (tertiary/aromatic N) is 3. The zero-order valence-electron chi connectivity index (χ0n) is 12.8. The van der Waals surface area contributed by atoms with Crippen molar-refractivity contribution < 1.29 is 4.74 Å². The van der Waals surface area contributed by atoms with E-state index in [9.17, 15) is 0 Å². The van der Waals surface area contributed by atoms with Crippen molar-refractivity contribution in [1.29, 1.82) is 0 Å². The second-order valence-electron chi connectivity index (χ2n) is 6.21. The number of amidine groups is 1. The van der Waals surface area contributed by atoms with Crippen molar-refractivity contribution in [3.8, 4) is 5.88 Å². The van der Waals surface area contributed by atoms with Crippen LogP contribution in [0.1, 0.15) is 30.0 Å². The van der Waals surface area contributed by atoms with Gasteiger partial charge < -0.3 is 15.0 Å². The molecule has 0 spiro atoms. The number of rotatable bonds is 2. The van der Waals surface area contributed by atoms with Crippen LogP contribution in [0.3, 0.4) is 0 Å². The van der Waals surface area contributed by atoms with Crippen molar-refractivity contribution in [3.05, 3.63) is 47.7 Å². The topological polar surface area (TPSA) is 49.8 Å². The van der Waals surface area contributed by atoms with Gasteiger partial charge in [0, 0.05) is 17.3 Å². The lowest BCUT2D eigenvalue weighted by Crippen LogP contribution is -2.33. The van der Waals surface area contributed by atoms with Crippen molar-refractivity contribution in [2.75, 3.05) is 24.7 Å². The maximum Gasteiger partial charge on any atom is 0.227 e. The lowest BCUT2D eigenvalue weighted by atomic mass is 10.1. The number of hydrogen-bond donors (Lipinski definition) is 1. The molecule has 0 atom stereocenters. The van der Waals surface area contributed by atoms with Crippen LogP contribution in [0.5, 0.6) is 5.88 Å². The van der Waals surface area contributed by atoms with Gasteiger partial charge in [0.1, 0.15) is 24.7 Å². The molecule has 5 nitrogen and oxygen atoms in total. The number of anilines is 2. The molecule has 1 aliphatic carbocycles. The van der Waals surface area contributed by atoms with E-state index in [4.69, 9.17) is 14.7 Å². The zero-order valence-corrected chi connectivity index (χ0v) is 12.8. The highest BCUT2D eigenvalue weighted by atomic mass is 16.5. The molecule has 0 saturated heterocycles. The van der Waals surface area contributed by atoms with E-state index in [0.717, 1.165) is 40.9 Å². The SMILES string of the molecule is c1ccc(N2CN=C3NCCOc4nc(C5CC5)cc2c43)cc1. The van der Waals surface area contributed by atoms with E-state index in [-0.39, 0.29) is 0 Å². The van der Waals surface area contributed by atoms with Crippen LogP contribution < -0.4 is 15.0 Å². The van der Waals surface area contributed by atoms with Crippen LogP contribution in [0.2, 0.25) is 0 Å². The number of aromatic nitrogens is 1. The fourth-order valence-corrected chi connectivity index (χ4v) is 3.24. The number of hydrogen-bond acceptors (Lipinski definition) is 5. The van der Waals surface area contributed by atoms with Crippen molar-refractivity contribution in [2.45, 2.75) is 18.8 Å². The fraction of sp³-hybridized carbons (Fsp3) is 0.333. The highest BCUT2D eigenvalue weighted by Crippen LogP contribution is 2.44. The van der Waals surface area contributed by atoms with Gasteiger partial charge in [0.2, 0.25) is 5.88 Å². The maximum absolute atomic E-state index is 5.92. The summed E-state index contributed by atoms with van der Waals surface area (Å²) in [6.45, 7) is 2.00. The summed E-state index contributed by atoms with van der Waals surface area (Å²) >= 11 is 0. The third kappa shape index (κ3) is 2.15. The summed E-state index contributed by atoms with van der Waals surface area (Å²) in [4.78, 5) is 11.7. The van der Waals surface area contributed by atoms with Gasteiger partial charge in [0.05, 0.1) is 12.2 Å². The van der Waals surface area contributed by atoms with Gasteiger partial charge in [-0.3, -0.25) is 0 Å². The van der Waals surface area contributed by atoms with Crippen LogP contribution in [0.25, 0.3) is 0 Å². The minimum Gasteiger partial charge on any atom is -0.475 e. The molecule has 23 heavy (non-hydrogen) atoms. The number of aliphatic imine (C=N–C) groups is 1. The summed E-state index contributed by atoms with van der Waals surface area (Å²) in [5, 5.41) is 3.37. The third-order valence-corrected chi connectivity index (χ3v) is 4.58. The number of pyridine rings is 1. The molecular weight excluding hydrogens is 288 g/mol. The average molecular weight is 306 g/mol. The minimum atomic E-state index is 0.594. The summed E-state index contributed by atoms with van der Waals surface area (Å²) in [5.74, 6) is 2.24. The van der Waals surface area contributed by atoms with E-state index >= 15 is 0 Å². The Hall–Kier alpha value is -2.56. The molecule has 2 aromatic rings. The van der Waals surface area contributed by atoms with Gasteiger partial charge in [0.25, 0.3) is 0 Å². The molecule has 1 saturated carbocycles. The predicted molar refractivity (Wildman–Crippen MR) is 89.7 cm³/mol. The zero-order chi connectivity index (χ0) is 15.2. The molecule has 1 N–H and O–H groups in total. The molecule has 1 fully saturated rings. The Balaban J connectivity index is 1.71. The van der Waals surface area contributed by atoms with Crippen molar-refractivity contribution in [3.63, 3.8) is 0 Å². The molecule has 0 bridgehead atoms. The summed E-state index contributed by atoms with van der Waals surface area (Å²) in [6.07, 6.45) is 2.46. The highest BCUT2D eigenvalue weighted by molar-refractivity contribution is 6.08. The Morgan fingerprint density at radius 2 is 2.04 bits per heavy atom. The van der Waals surface area contributed by atoms with E-state index in [1.807, 2.05) is 6.07 Å². The first-order chi connectivity index (χ1) is 11.4. The second kappa shape index (κ2) is 4.98. The van der Waals surface area contributed by atoms with Crippen LogP contribution in [-0.2, 0) is 0 Å². The van der Waals surface area contributed by atoms with Gasteiger partial charge in [-0.15, -0.1) is 0 Å². The van der Waals surface area contributed by atoms with Crippen molar-refractivity contribution in [1.82, 2.24) is 10.3 Å². The number of benzene rings is 1. The first-order valence-electron chi connectivity index (χ1n) is 8.19. The molecule has 0 amide bonds. The van der Waals surface area contributed by atoms with Crippen LogP contribution in [0.15, 0.2) is 41.4 Å². The average Bonchev–Trinajstić information content (AvgIpc) is 3.44. The highest BCUT2D eigenvalue weighted by Gasteiger charge is 2.32. The van der Waals surface area contributed by atoms with Crippen LogP contribution >= 0.6 is 0 Å². The summed E-state index contributed by atoms with van der Waals surface area (Å²) in [7, 11) is 0. The first kappa shape index (κ1) is 12.9. The first-order valence-corrected chi connectivity index (χ1v) is 8.19. The Labute approximate surface area is 135 Å². The maximum atomic E-state index is 5.92. The summed E-state index contributed by atoms with van der Waals surface area (Å²) in [6, 6.07) is 12.6. The van der Waals surface area contributed by atoms with E-state index in [1.54, 1.807) is 0 Å². The van der Waals surface area contributed by atoms with Crippen molar-refractivity contribution in [2.24, 2.45) is 4.99 Å². The smallest absolute Gasteiger partial charge is 0.227 e. The predicted octanol–water partition coefficient (Wildman–Crippen LogP) is 2.80. The second-order valence-corrected chi connectivity index (χ2v) is 6.21. The minimum absolute atomic E-state index is 0.594. The van der Waals surface area contributed by atoms with Gasteiger partial charge in [-0.2, -0.15) is 0 Å². The van der Waals surface area contributed by atoms with Crippen LogP contribution in [0.4, 0.5) is 11.4 Å². The van der Waals surface area contributed by atoms with Gasteiger partial charge in [-0.25, -0.2) is 9.98 Å². The number of para-hydroxylation sites is 1. The lowest BCUT2D eigenvalue weighted by molar-refractivity contribution is 0.314. The standard InChI is InChI=1S/C18H18N4O/c1-2-4-13(5-3-1)22-11-20-17-16-15(22)10-14(12-6-7-12)21-18(16)23-9-8-19-17/h1-5,10,12H,6-9,11H2,(H,19,20). The molecule has 3 aliphatic rings.